The molecular weight excluding hydrogens is 234 g/mol. The smallest absolute Gasteiger partial charge is 0.675 e. The van der Waals surface area contributed by atoms with Gasteiger partial charge in [-0.25, -0.2) is 0 Å². The van der Waals surface area contributed by atoms with E-state index in [4.69, 9.17) is 5.73 Å². The number of benzene rings is 1. The maximum absolute atomic E-state index is 13.6. The van der Waals surface area contributed by atoms with Crippen molar-refractivity contribution in [3.63, 3.8) is 0 Å². The third-order valence-corrected chi connectivity index (χ3v) is 1.96. The van der Waals surface area contributed by atoms with Crippen LogP contribution in [0.5, 0.6) is 0 Å². The second-order valence-corrected chi connectivity index (χ2v) is 2.96. The zero-order chi connectivity index (χ0) is 10.7. The third kappa shape index (κ3) is 3.13. The van der Waals surface area contributed by atoms with Gasteiger partial charge >= 0.3 is 51.4 Å². The Hall–Kier alpha value is -0.244. The van der Waals surface area contributed by atoms with Crippen LogP contribution >= 0.6 is 0 Å². The fourth-order valence-electron chi connectivity index (χ4n) is 1.22. The summed E-state index contributed by atoms with van der Waals surface area (Å²) in [4.78, 5) is 0. The Kier molecular flexibility index (Phi) is 5.60. The summed E-state index contributed by atoms with van der Waals surface area (Å²) >= 11 is 0. The normalized spacial score (nSPS) is 9.62. The molecule has 0 saturated heterocycles. The quantitative estimate of drug-likeness (QED) is 0.571. The second-order valence-electron chi connectivity index (χ2n) is 2.96. The van der Waals surface area contributed by atoms with Crippen molar-refractivity contribution in [1.82, 2.24) is 10.2 Å². The number of halogens is 1. The molecule has 1 heterocycles. The largest absolute Gasteiger partial charge is 1.00 e. The Morgan fingerprint density at radius 2 is 2.31 bits per heavy atom. The molecule has 0 radical (unpaired) electrons. The van der Waals surface area contributed by atoms with E-state index >= 15 is 0 Å². The van der Waals surface area contributed by atoms with E-state index in [-0.39, 0.29) is 63.5 Å². The van der Waals surface area contributed by atoms with E-state index in [0.29, 0.717) is 11.5 Å². The van der Waals surface area contributed by atoms with Crippen molar-refractivity contribution in [3.8, 4) is 0 Å². The standard InChI is InChI=1S/C10H9FN4.K/c11-10-7(6-12)2-1-3-8(10)14-9-4-5-13-15-9;/h1,3-5,12H,6H2,(H2,13,14,15);/q-2;+1. The van der Waals surface area contributed by atoms with Crippen molar-refractivity contribution in [2.24, 2.45) is 0 Å². The molecule has 0 aliphatic rings. The summed E-state index contributed by atoms with van der Waals surface area (Å²) in [5.74, 6) is 0.165. The van der Waals surface area contributed by atoms with Crippen molar-refractivity contribution < 1.29 is 55.8 Å². The number of hydrogen-bond acceptors (Lipinski definition) is 2. The molecule has 2 rings (SSSR count). The predicted molar refractivity (Wildman–Crippen MR) is 55.1 cm³/mol. The molecule has 3 N–H and O–H groups in total. The van der Waals surface area contributed by atoms with Crippen LogP contribution in [0.4, 0.5) is 15.9 Å². The van der Waals surface area contributed by atoms with Crippen LogP contribution in [0.15, 0.2) is 24.4 Å². The molecule has 0 aliphatic heterocycles. The van der Waals surface area contributed by atoms with Crippen LogP contribution in [0.2, 0.25) is 0 Å². The van der Waals surface area contributed by atoms with Crippen LogP contribution in [0, 0.1) is 11.9 Å². The third-order valence-electron chi connectivity index (χ3n) is 1.96. The summed E-state index contributed by atoms with van der Waals surface area (Å²) in [6.07, 6.45) is 1.57. The minimum atomic E-state index is -0.442. The summed E-state index contributed by atoms with van der Waals surface area (Å²) < 4.78 is 13.6. The summed E-state index contributed by atoms with van der Waals surface area (Å²) in [5.41, 5.74) is 7.68. The number of hydrogen-bond donors (Lipinski definition) is 2. The summed E-state index contributed by atoms with van der Waals surface area (Å²) in [6, 6.07) is 7.52. The van der Waals surface area contributed by atoms with E-state index in [0.717, 1.165) is 0 Å². The van der Waals surface area contributed by atoms with Crippen molar-refractivity contribution in [2.45, 2.75) is 6.54 Å². The van der Waals surface area contributed by atoms with Crippen LogP contribution < -0.4 is 56.7 Å². The fourth-order valence-corrected chi connectivity index (χ4v) is 1.22. The molecule has 78 valence electrons. The second kappa shape index (κ2) is 6.48. The van der Waals surface area contributed by atoms with Crippen LogP contribution in [0.25, 0.3) is 5.73 Å². The monoisotopic (exact) mass is 243 g/mol. The molecule has 0 atom stereocenters. The summed E-state index contributed by atoms with van der Waals surface area (Å²) in [5, 5.41) is 9.23. The van der Waals surface area contributed by atoms with Gasteiger partial charge in [0, 0.05) is 11.9 Å². The molecular formula is C10H9FKN4-. The number of H-pyrrole nitrogens is 1. The number of anilines is 2. The van der Waals surface area contributed by atoms with Crippen molar-refractivity contribution in [3.05, 3.63) is 47.6 Å². The Bertz CT molecular complexity index is 444. The fraction of sp³-hybridized carbons (Fsp3) is 0.100. The first-order chi connectivity index (χ1) is 7.31. The van der Waals surface area contributed by atoms with Crippen molar-refractivity contribution in [2.75, 3.05) is 5.32 Å². The Morgan fingerprint density at radius 3 is 2.94 bits per heavy atom. The van der Waals surface area contributed by atoms with Crippen LogP contribution in [0.1, 0.15) is 5.56 Å². The zero-order valence-corrected chi connectivity index (χ0v) is 12.0. The molecule has 0 amide bonds. The van der Waals surface area contributed by atoms with Crippen LogP contribution in [-0.2, 0) is 6.54 Å². The van der Waals surface area contributed by atoms with E-state index in [9.17, 15) is 4.39 Å². The first-order valence-corrected chi connectivity index (χ1v) is 4.41. The number of rotatable bonds is 3. The molecule has 1 aromatic carbocycles. The summed E-state index contributed by atoms with van der Waals surface area (Å²) in [7, 11) is 0. The average Bonchev–Trinajstić information content (AvgIpc) is 2.74. The summed E-state index contributed by atoms with van der Waals surface area (Å²) in [6.45, 7) is -0.121. The van der Waals surface area contributed by atoms with E-state index in [1.54, 1.807) is 24.4 Å². The van der Waals surface area contributed by atoms with Gasteiger partial charge in [0.15, 0.2) is 0 Å². The SMILES string of the molecule is [K+].[NH-]Cc1[c-]ccc(Nc2ccn[nH]2)c1F. The number of nitrogens with zero attached hydrogens (tertiary/aromatic N) is 1. The van der Waals surface area contributed by atoms with E-state index < -0.39 is 5.82 Å². The van der Waals surface area contributed by atoms with Crippen LogP contribution in [0.3, 0.4) is 0 Å². The molecule has 0 aliphatic carbocycles. The topological polar surface area (TPSA) is 64.5 Å². The molecule has 0 saturated carbocycles. The van der Waals surface area contributed by atoms with Gasteiger partial charge in [0.05, 0.1) is 6.20 Å². The molecule has 0 bridgehead atoms. The maximum Gasteiger partial charge on any atom is 1.00 e. The molecule has 0 fully saturated rings. The van der Waals surface area contributed by atoms with Crippen LogP contribution in [-0.4, -0.2) is 10.2 Å². The van der Waals surface area contributed by atoms with Gasteiger partial charge in [0.2, 0.25) is 0 Å². The minimum absolute atomic E-state index is 0. The van der Waals surface area contributed by atoms with Gasteiger partial charge < -0.3 is 11.1 Å². The number of aromatic amines is 1. The molecule has 0 spiro atoms. The Morgan fingerprint density at radius 1 is 1.50 bits per heavy atom. The van der Waals surface area contributed by atoms with Gasteiger partial charge in [0.1, 0.15) is 5.82 Å². The minimum Gasteiger partial charge on any atom is -0.675 e. The molecule has 4 nitrogen and oxygen atoms in total. The van der Waals surface area contributed by atoms with Gasteiger partial charge in [-0.3, -0.25) is 9.49 Å². The number of aromatic nitrogens is 2. The zero-order valence-electron chi connectivity index (χ0n) is 8.84. The Labute approximate surface area is 135 Å². The molecule has 6 heteroatoms. The van der Waals surface area contributed by atoms with E-state index in [2.05, 4.69) is 21.6 Å². The van der Waals surface area contributed by atoms with E-state index in [1.165, 1.54) is 0 Å². The predicted octanol–water partition coefficient (Wildman–Crippen LogP) is -0.351. The molecule has 0 unspecified atom stereocenters. The molecule has 1 aromatic heterocycles. The van der Waals surface area contributed by atoms with Gasteiger partial charge in [-0.05, 0) is 5.69 Å². The number of nitrogens with one attached hydrogen (secondary N) is 3. The first-order valence-electron chi connectivity index (χ1n) is 4.41. The molecule has 2 aromatic rings. The van der Waals surface area contributed by atoms with Gasteiger partial charge in [0.25, 0.3) is 0 Å². The average molecular weight is 243 g/mol. The van der Waals surface area contributed by atoms with E-state index in [1.807, 2.05) is 0 Å². The van der Waals surface area contributed by atoms with Gasteiger partial charge in [-0.1, -0.05) is 0 Å². The Balaban J connectivity index is 0.00000128. The first kappa shape index (κ1) is 13.8. The molecule has 16 heavy (non-hydrogen) atoms. The van der Waals surface area contributed by atoms with Gasteiger partial charge in [-0.15, -0.1) is 18.2 Å². The van der Waals surface area contributed by atoms with Gasteiger partial charge in [-0.2, -0.15) is 17.2 Å². The van der Waals surface area contributed by atoms with Crippen molar-refractivity contribution in [1.29, 1.82) is 0 Å². The maximum atomic E-state index is 13.6. The van der Waals surface area contributed by atoms with Crippen molar-refractivity contribution >= 4 is 11.5 Å².